The molecular weight excluding hydrogens is 639 g/mol. The van der Waals surface area contributed by atoms with Crippen LogP contribution in [0.3, 0.4) is 0 Å². The fourth-order valence-corrected chi connectivity index (χ4v) is 8.25. The molecule has 10 rings (SSSR count). The summed E-state index contributed by atoms with van der Waals surface area (Å²) in [7, 11) is 2.06. The van der Waals surface area contributed by atoms with Crippen molar-refractivity contribution in [3.63, 3.8) is 0 Å². The minimum absolute atomic E-state index is 0.286. The number of fused-ring (bicyclic) bond motifs is 7. The molecule has 6 aromatic carbocycles. The van der Waals surface area contributed by atoms with Gasteiger partial charge in [0.25, 0.3) is 0 Å². The molecular formula is C46H35N5O. The number of hydrogen-bond acceptors (Lipinski definition) is 4. The molecule has 0 radical (unpaired) electrons. The second-order valence-electron chi connectivity index (χ2n) is 14.0. The molecule has 0 aliphatic carbocycles. The largest absolute Gasteiger partial charge is 0.457 e. The van der Waals surface area contributed by atoms with Crippen LogP contribution in [0.25, 0.3) is 50.0 Å². The standard InChI is InChI=1S/C46H35N5O/c1-46(2)35-18-7-9-20-37(35)50(31-15-5-4-6-16-31)40-26-25-39-43(44(40)46)34-24-23-33(29-41(34)51(39)42-22-11-12-27-47-42)52-32-17-13-14-30(28-32)45-48-36-19-8-10-21-38(36)49(45)3/h4-29H,1-3H3. The summed E-state index contributed by atoms with van der Waals surface area (Å²) in [6.45, 7) is 4.71. The van der Waals surface area contributed by atoms with Crippen LogP contribution in [-0.2, 0) is 12.5 Å². The van der Waals surface area contributed by atoms with Gasteiger partial charge in [-0.25, -0.2) is 9.97 Å². The Kier molecular flexibility index (Phi) is 6.64. The molecule has 1 aliphatic rings. The first-order chi connectivity index (χ1) is 25.5. The van der Waals surface area contributed by atoms with Gasteiger partial charge in [0.2, 0.25) is 0 Å². The van der Waals surface area contributed by atoms with Gasteiger partial charge in [0.15, 0.2) is 0 Å². The van der Waals surface area contributed by atoms with Gasteiger partial charge >= 0.3 is 0 Å². The lowest BCUT2D eigenvalue weighted by Crippen LogP contribution is -2.30. The number of pyridine rings is 1. The maximum absolute atomic E-state index is 6.65. The fourth-order valence-electron chi connectivity index (χ4n) is 8.25. The maximum atomic E-state index is 6.65. The van der Waals surface area contributed by atoms with Gasteiger partial charge in [0.1, 0.15) is 23.1 Å². The van der Waals surface area contributed by atoms with Crippen molar-refractivity contribution in [3.05, 3.63) is 169 Å². The van der Waals surface area contributed by atoms with E-state index in [1.165, 1.54) is 27.9 Å². The predicted octanol–water partition coefficient (Wildman–Crippen LogP) is 11.6. The Balaban J connectivity index is 1.17. The molecule has 52 heavy (non-hydrogen) atoms. The minimum Gasteiger partial charge on any atom is -0.457 e. The van der Waals surface area contributed by atoms with Crippen LogP contribution in [0.1, 0.15) is 25.0 Å². The molecule has 0 spiro atoms. The second-order valence-corrected chi connectivity index (χ2v) is 14.0. The lowest BCUT2D eigenvalue weighted by Gasteiger charge is -2.42. The van der Waals surface area contributed by atoms with Crippen molar-refractivity contribution in [2.75, 3.05) is 4.90 Å². The maximum Gasteiger partial charge on any atom is 0.140 e. The average molecular weight is 674 g/mol. The van der Waals surface area contributed by atoms with Crippen molar-refractivity contribution >= 4 is 49.9 Å². The van der Waals surface area contributed by atoms with E-state index in [0.29, 0.717) is 0 Å². The van der Waals surface area contributed by atoms with Gasteiger partial charge in [-0.15, -0.1) is 0 Å². The van der Waals surface area contributed by atoms with E-state index in [-0.39, 0.29) is 5.41 Å². The summed E-state index contributed by atoms with van der Waals surface area (Å²) in [5.41, 5.74) is 11.0. The number of ether oxygens (including phenoxy) is 1. The molecule has 0 unspecified atom stereocenters. The van der Waals surface area contributed by atoms with E-state index in [0.717, 1.165) is 61.8 Å². The molecule has 3 aromatic heterocycles. The Morgan fingerprint density at radius 2 is 1.40 bits per heavy atom. The third kappa shape index (κ3) is 4.50. The first-order valence-corrected chi connectivity index (χ1v) is 17.6. The van der Waals surface area contributed by atoms with Gasteiger partial charge in [-0.2, -0.15) is 0 Å². The number of aromatic nitrogens is 4. The van der Waals surface area contributed by atoms with Crippen LogP contribution in [-0.4, -0.2) is 19.1 Å². The number of benzene rings is 6. The first-order valence-electron chi connectivity index (χ1n) is 17.6. The zero-order valence-electron chi connectivity index (χ0n) is 29.2. The van der Waals surface area contributed by atoms with E-state index in [1.807, 2.05) is 48.7 Å². The van der Waals surface area contributed by atoms with Crippen LogP contribution < -0.4 is 9.64 Å². The molecule has 6 nitrogen and oxygen atoms in total. The highest BCUT2D eigenvalue weighted by atomic mass is 16.5. The molecule has 1 aliphatic heterocycles. The van der Waals surface area contributed by atoms with Gasteiger partial charge in [0.05, 0.1) is 33.4 Å². The lowest BCUT2D eigenvalue weighted by molar-refractivity contribution is 0.483. The number of aryl methyl sites for hydroxylation is 1. The summed E-state index contributed by atoms with van der Waals surface area (Å²) in [5.74, 6) is 3.25. The smallest absolute Gasteiger partial charge is 0.140 e. The minimum atomic E-state index is -0.286. The van der Waals surface area contributed by atoms with Gasteiger partial charge in [0, 0.05) is 46.7 Å². The second kappa shape index (κ2) is 11.4. The summed E-state index contributed by atoms with van der Waals surface area (Å²) < 4.78 is 11.1. The zero-order valence-corrected chi connectivity index (χ0v) is 29.2. The number of para-hydroxylation sites is 4. The van der Waals surface area contributed by atoms with Crippen molar-refractivity contribution in [1.82, 2.24) is 19.1 Å². The highest BCUT2D eigenvalue weighted by Gasteiger charge is 2.39. The topological polar surface area (TPSA) is 48.1 Å². The molecule has 0 N–H and O–H groups in total. The molecule has 4 heterocycles. The van der Waals surface area contributed by atoms with Crippen LogP contribution >= 0.6 is 0 Å². The summed E-state index contributed by atoms with van der Waals surface area (Å²) in [6, 6.07) is 52.9. The lowest BCUT2D eigenvalue weighted by atomic mass is 9.72. The monoisotopic (exact) mass is 673 g/mol. The SMILES string of the molecule is Cn1c(-c2cccc(Oc3ccc4c5c6c(ccc5n(-c5ccccn5)c4c3)N(c3ccccc3)c3ccccc3C6(C)C)c2)nc2ccccc21. The van der Waals surface area contributed by atoms with Crippen molar-refractivity contribution in [3.8, 4) is 28.7 Å². The Morgan fingerprint density at radius 3 is 2.25 bits per heavy atom. The number of nitrogens with zero attached hydrogens (tertiary/aromatic N) is 5. The Bertz CT molecular complexity index is 2820. The summed E-state index contributed by atoms with van der Waals surface area (Å²) in [4.78, 5) is 12.2. The molecule has 9 aromatic rings. The summed E-state index contributed by atoms with van der Waals surface area (Å²) in [6.07, 6.45) is 1.86. The zero-order chi connectivity index (χ0) is 35.0. The molecule has 0 bridgehead atoms. The van der Waals surface area contributed by atoms with Crippen LogP contribution in [0.4, 0.5) is 17.1 Å². The molecule has 0 fully saturated rings. The van der Waals surface area contributed by atoms with Crippen LogP contribution in [0, 0.1) is 0 Å². The van der Waals surface area contributed by atoms with Crippen LogP contribution in [0.2, 0.25) is 0 Å². The third-order valence-electron chi connectivity index (χ3n) is 10.6. The molecule has 0 amide bonds. The number of hydrogen-bond donors (Lipinski definition) is 0. The average Bonchev–Trinajstić information content (AvgIpc) is 3.70. The quantitative estimate of drug-likeness (QED) is 0.182. The van der Waals surface area contributed by atoms with E-state index in [1.54, 1.807) is 0 Å². The first kappa shape index (κ1) is 30.2. The molecule has 0 saturated carbocycles. The molecule has 0 saturated heterocycles. The fraction of sp³-hybridized carbons (Fsp3) is 0.0870. The van der Waals surface area contributed by atoms with Gasteiger partial charge in [-0.3, -0.25) is 4.57 Å². The molecule has 250 valence electrons. The molecule has 6 heteroatoms. The highest BCUT2D eigenvalue weighted by molar-refractivity contribution is 6.14. The summed E-state index contributed by atoms with van der Waals surface area (Å²) in [5, 5.41) is 2.37. The number of anilines is 3. The third-order valence-corrected chi connectivity index (χ3v) is 10.6. The molecule has 0 atom stereocenters. The summed E-state index contributed by atoms with van der Waals surface area (Å²) >= 11 is 0. The number of imidazole rings is 1. The van der Waals surface area contributed by atoms with Crippen molar-refractivity contribution in [2.45, 2.75) is 19.3 Å². The van der Waals surface area contributed by atoms with E-state index in [9.17, 15) is 0 Å². The van der Waals surface area contributed by atoms with Crippen LogP contribution in [0.15, 0.2) is 158 Å². The highest BCUT2D eigenvalue weighted by Crippen LogP contribution is 2.55. The van der Waals surface area contributed by atoms with Crippen molar-refractivity contribution < 1.29 is 4.74 Å². The number of rotatable bonds is 5. The van der Waals surface area contributed by atoms with Gasteiger partial charge in [-0.05, 0) is 90.0 Å². The predicted molar refractivity (Wildman–Crippen MR) is 212 cm³/mol. The Labute approximate surface area is 301 Å². The van der Waals surface area contributed by atoms with E-state index >= 15 is 0 Å². The van der Waals surface area contributed by atoms with E-state index < -0.39 is 0 Å². The van der Waals surface area contributed by atoms with E-state index in [4.69, 9.17) is 14.7 Å². The Hall–Kier alpha value is -6.66. The Morgan fingerprint density at radius 1 is 0.615 bits per heavy atom. The van der Waals surface area contributed by atoms with Gasteiger partial charge in [-0.1, -0.05) is 80.6 Å². The van der Waals surface area contributed by atoms with Crippen molar-refractivity contribution in [2.24, 2.45) is 7.05 Å². The normalized spacial score (nSPS) is 13.4. The van der Waals surface area contributed by atoms with E-state index in [2.05, 4.69) is 144 Å². The van der Waals surface area contributed by atoms with Crippen LogP contribution in [0.5, 0.6) is 11.5 Å². The van der Waals surface area contributed by atoms with Crippen molar-refractivity contribution in [1.29, 1.82) is 0 Å². The van der Waals surface area contributed by atoms with Gasteiger partial charge < -0.3 is 14.2 Å².